The van der Waals surface area contributed by atoms with Gasteiger partial charge >= 0.3 is 5.97 Å². The Labute approximate surface area is 121 Å². The molecule has 0 radical (unpaired) electrons. The Balaban J connectivity index is 1.69. The van der Waals surface area contributed by atoms with E-state index >= 15 is 0 Å². The number of carbonyl (C=O) groups is 2. The van der Waals surface area contributed by atoms with Crippen LogP contribution in [0.25, 0.3) is 0 Å². The van der Waals surface area contributed by atoms with Crippen LogP contribution < -0.4 is 5.32 Å². The molecule has 0 spiro atoms. The van der Waals surface area contributed by atoms with Crippen LogP contribution in [0.15, 0.2) is 0 Å². The van der Waals surface area contributed by atoms with Gasteiger partial charge < -0.3 is 10.1 Å². The molecular formula is C16H27NO3. The Hall–Kier alpha value is -1.06. The van der Waals surface area contributed by atoms with Crippen molar-refractivity contribution >= 4 is 11.9 Å². The minimum absolute atomic E-state index is 0.0399. The first-order valence-corrected chi connectivity index (χ1v) is 8.06. The molecule has 0 heterocycles. The smallest absolute Gasteiger partial charge is 0.306 e. The number of ether oxygens (including phenoxy) is 1. The van der Waals surface area contributed by atoms with Gasteiger partial charge in [0.2, 0.25) is 5.91 Å². The number of amides is 1. The molecule has 0 aromatic rings. The first kappa shape index (κ1) is 15.3. The monoisotopic (exact) mass is 281 g/mol. The maximum atomic E-state index is 12.2. The van der Waals surface area contributed by atoms with Crippen molar-refractivity contribution in [2.75, 3.05) is 6.61 Å². The summed E-state index contributed by atoms with van der Waals surface area (Å²) >= 11 is 0. The van der Waals surface area contributed by atoms with E-state index < -0.39 is 0 Å². The van der Waals surface area contributed by atoms with Crippen LogP contribution in [0, 0.1) is 11.3 Å². The van der Waals surface area contributed by atoms with Gasteiger partial charge in [-0.25, -0.2) is 0 Å². The molecule has 0 aromatic heterocycles. The van der Waals surface area contributed by atoms with Gasteiger partial charge in [0.25, 0.3) is 0 Å². The van der Waals surface area contributed by atoms with E-state index in [-0.39, 0.29) is 17.3 Å². The second kappa shape index (κ2) is 6.59. The van der Waals surface area contributed by atoms with Crippen molar-refractivity contribution in [3.63, 3.8) is 0 Å². The van der Waals surface area contributed by atoms with E-state index in [0.717, 1.165) is 44.9 Å². The second-order valence-corrected chi connectivity index (χ2v) is 6.33. The maximum Gasteiger partial charge on any atom is 0.306 e. The van der Waals surface area contributed by atoms with Gasteiger partial charge in [0, 0.05) is 17.9 Å². The highest BCUT2D eigenvalue weighted by atomic mass is 16.5. The minimum Gasteiger partial charge on any atom is -0.466 e. The second-order valence-electron chi connectivity index (χ2n) is 6.33. The third-order valence-electron chi connectivity index (χ3n) is 4.95. The zero-order valence-corrected chi connectivity index (χ0v) is 12.7. The van der Waals surface area contributed by atoms with E-state index in [1.165, 1.54) is 0 Å². The Morgan fingerprint density at radius 3 is 2.30 bits per heavy atom. The molecule has 4 heteroatoms. The van der Waals surface area contributed by atoms with Crippen molar-refractivity contribution in [1.29, 1.82) is 0 Å². The largest absolute Gasteiger partial charge is 0.466 e. The molecule has 114 valence electrons. The fraction of sp³-hybridized carbons (Fsp3) is 0.875. The summed E-state index contributed by atoms with van der Waals surface area (Å²) in [7, 11) is 0. The molecule has 0 atom stereocenters. The standard InChI is InChI=1S/C16H27NO3/c1-3-16(9-10-16)15(19)17-13-7-5-12(6-8-13)11-14(18)20-4-2/h12-13H,3-11H2,1-2H3,(H,17,19)/t12-,13-. The van der Waals surface area contributed by atoms with Crippen molar-refractivity contribution in [1.82, 2.24) is 5.32 Å². The Kier molecular flexibility index (Phi) is 5.06. The number of esters is 1. The molecule has 20 heavy (non-hydrogen) atoms. The Morgan fingerprint density at radius 1 is 1.15 bits per heavy atom. The van der Waals surface area contributed by atoms with Crippen molar-refractivity contribution in [3.8, 4) is 0 Å². The van der Waals surface area contributed by atoms with Crippen LogP contribution in [0.1, 0.15) is 65.2 Å². The zero-order valence-electron chi connectivity index (χ0n) is 12.7. The summed E-state index contributed by atoms with van der Waals surface area (Å²) in [6, 6.07) is 0.310. The summed E-state index contributed by atoms with van der Waals surface area (Å²) in [6.45, 7) is 4.40. The molecule has 2 aliphatic rings. The van der Waals surface area contributed by atoms with E-state index in [1.807, 2.05) is 6.92 Å². The first-order valence-electron chi connectivity index (χ1n) is 8.06. The summed E-state index contributed by atoms with van der Waals surface area (Å²) in [4.78, 5) is 23.6. The number of rotatable bonds is 6. The number of hydrogen-bond acceptors (Lipinski definition) is 3. The molecule has 0 unspecified atom stereocenters. The van der Waals surface area contributed by atoms with Gasteiger partial charge in [-0.15, -0.1) is 0 Å². The van der Waals surface area contributed by atoms with Gasteiger partial charge in [-0.3, -0.25) is 9.59 Å². The van der Waals surface area contributed by atoms with Gasteiger partial charge in [0.1, 0.15) is 0 Å². The SMILES string of the molecule is CCOC(=O)C[C@H]1CC[C@H](NC(=O)C2(CC)CC2)CC1. The van der Waals surface area contributed by atoms with Crippen molar-refractivity contribution in [3.05, 3.63) is 0 Å². The van der Waals surface area contributed by atoms with Crippen LogP contribution in [0.4, 0.5) is 0 Å². The van der Waals surface area contributed by atoms with Crippen molar-refractivity contribution < 1.29 is 14.3 Å². The van der Waals surface area contributed by atoms with Crippen molar-refractivity contribution in [2.24, 2.45) is 11.3 Å². The summed E-state index contributed by atoms with van der Waals surface area (Å²) in [5.74, 6) is 0.611. The van der Waals surface area contributed by atoms with Gasteiger partial charge in [-0.1, -0.05) is 6.92 Å². The molecule has 2 saturated carbocycles. The van der Waals surface area contributed by atoms with E-state index in [4.69, 9.17) is 4.74 Å². The highest BCUT2D eigenvalue weighted by molar-refractivity contribution is 5.85. The Morgan fingerprint density at radius 2 is 1.80 bits per heavy atom. The Bertz CT molecular complexity index is 355. The lowest BCUT2D eigenvalue weighted by Crippen LogP contribution is -2.41. The van der Waals surface area contributed by atoms with E-state index in [2.05, 4.69) is 12.2 Å². The summed E-state index contributed by atoms with van der Waals surface area (Å²) < 4.78 is 4.99. The quantitative estimate of drug-likeness (QED) is 0.762. The first-order chi connectivity index (χ1) is 9.59. The molecule has 2 rings (SSSR count). The van der Waals surface area contributed by atoms with Crippen LogP contribution in [-0.2, 0) is 14.3 Å². The van der Waals surface area contributed by atoms with E-state index in [0.29, 0.717) is 25.0 Å². The topological polar surface area (TPSA) is 55.4 Å². The van der Waals surface area contributed by atoms with Crippen LogP contribution in [0.2, 0.25) is 0 Å². The van der Waals surface area contributed by atoms with Gasteiger partial charge in [0.15, 0.2) is 0 Å². The number of hydrogen-bond donors (Lipinski definition) is 1. The highest BCUT2D eigenvalue weighted by Gasteiger charge is 2.48. The summed E-state index contributed by atoms with van der Waals surface area (Å²) in [5, 5.41) is 3.22. The van der Waals surface area contributed by atoms with Crippen LogP contribution in [0.5, 0.6) is 0 Å². The van der Waals surface area contributed by atoms with Crippen LogP contribution in [0.3, 0.4) is 0 Å². The molecule has 2 fully saturated rings. The molecule has 1 N–H and O–H groups in total. The van der Waals surface area contributed by atoms with E-state index in [1.54, 1.807) is 0 Å². The molecule has 0 aromatic carbocycles. The fourth-order valence-electron chi connectivity index (χ4n) is 3.20. The minimum atomic E-state index is -0.0806. The fourth-order valence-corrected chi connectivity index (χ4v) is 3.20. The molecule has 0 bridgehead atoms. The average Bonchev–Trinajstić information content (AvgIpc) is 3.22. The van der Waals surface area contributed by atoms with Crippen LogP contribution >= 0.6 is 0 Å². The molecule has 0 aliphatic heterocycles. The lowest BCUT2D eigenvalue weighted by molar-refractivity contribution is -0.144. The maximum absolute atomic E-state index is 12.2. The molecular weight excluding hydrogens is 254 g/mol. The van der Waals surface area contributed by atoms with Gasteiger partial charge in [-0.2, -0.15) is 0 Å². The third kappa shape index (κ3) is 3.74. The molecule has 4 nitrogen and oxygen atoms in total. The molecule has 1 amide bonds. The number of carbonyl (C=O) groups excluding carboxylic acids is 2. The predicted octanol–water partition coefficient (Wildman–Crippen LogP) is 2.80. The lowest BCUT2D eigenvalue weighted by Gasteiger charge is -2.29. The van der Waals surface area contributed by atoms with Gasteiger partial charge in [0.05, 0.1) is 6.61 Å². The predicted molar refractivity (Wildman–Crippen MR) is 77.1 cm³/mol. The van der Waals surface area contributed by atoms with E-state index in [9.17, 15) is 9.59 Å². The summed E-state index contributed by atoms with van der Waals surface area (Å²) in [6.07, 6.45) is 7.61. The molecule has 0 saturated heterocycles. The average molecular weight is 281 g/mol. The third-order valence-corrected chi connectivity index (χ3v) is 4.95. The zero-order chi connectivity index (χ0) is 14.6. The lowest BCUT2D eigenvalue weighted by atomic mass is 9.84. The number of nitrogens with one attached hydrogen (secondary N) is 1. The summed E-state index contributed by atoms with van der Waals surface area (Å²) in [5.41, 5.74) is -0.0399. The normalized spacial score (nSPS) is 27.7. The van der Waals surface area contributed by atoms with Crippen molar-refractivity contribution in [2.45, 2.75) is 71.3 Å². The van der Waals surface area contributed by atoms with Crippen LogP contribution in [-0.4, -0.2) is 24.5 Å². The van der Waals surface area contributed by atoms with Gasteiger partial charge in [-0.05, 0) is 57.8 Å². The highest BCUT2D eigenvalue weighted by Crippen LogP contribution is 2.49. The molecule has 2 aliphatic carbocycles.